The summed E-state index contributed by atoms with van der Waals surface area (Å²) in [6, 6.07) is 9.62. The Labute approximate surface area is 162 Å². The van der Waals surface area contributed by atoms with Crippen LogP contribution >= 0.6 is 27.7 Å². The van der Waals surface area contributed by atoms with Crippen LogP contribution < -0.4 is 15.4 Å². The Morgan fingerprint density at radius 3 is 2.92 bits per heavy atom. The highest BCUT2D eigenvalue weighted by Gasteiger charge is 2.27. The van der Waals surface area contributed by atoms with E-state index in [4.69, 9.17) is 4.74 Å². The number of phenols is 1. The van der Waals surface area contributed by atoms with E-state index in [2.05, 4.69) is 26.6 Å². The maximum atomic E-state index is 13.7. The van der Waals surface area contributed by atoms with Gasteiger partial charge in [-0.1, -0.05) is 23.9 Å². The van der Waals surface area contributed by atoms with Crippen molar-refractivity contribution in [2.75, 3.05) is 11.9 Å². The lowest BCUT2D eigenvalue weighted by atomic mass is 10.2. The third kappa shape index (κ3) is 4.13. The Morgan fingerprint density at radius 1 is 1.42 bits per heavy atom. The quantitative estimate of drug-likeness (QED) is 0.607. The molecule has 0 aromatic heterocycles. The van der Waals surface area contributed by atoms with Crippen molar-refractivity contribution in [2.45, 2.75) is 12.4 Å². The van der Waals surface area contributed by atoms with Crippen molar-refractivity contribution < 1.29 is 19.0 Å². The van der Waals surface area contributed by atoms with Gasteiger partial charge in [-0.25, -0.2) is 4.39 Å². The SMILES string of the molecule is CCOc1cc(/C=C2\SC(Nc3ccccc3F)NC2=O)cc(Br)c1O. The van der Waals surface area contributed by atoms with Gasteiger partial charge < -0.3 is 20.5 Å². The van der Waals surface area contributed by atoms with Crippen LogP contribution in [0.25, 0.3) is 6.08 Å². The van der Waals surface area contributed by atoms with Crippen molar-refractivity contribution in [1.29, 1.82) is 0 Å². The Hall–Kier alpha value is -2.19. The first kappa shape index (κ1) is 18.6. The second-order valence-corrected chi connectivity index (χ2v) is 7.39. The van der Waals surface area contributed by atoms with Crippen LogP contribution in [-0.2, 0) is 4.79 Å². The average Bonchev–Trinajstić information content (AvgIpc) is 2.94. The third-order valence-corrected chi connectivity index (χ3v) is 5.17. The highest BCUT2D eigenvalue weighted by Crippen LogP contribution is 2.37. The second-order valence-electron chi connectivity index (χ2n) is 5.39. The summed E-state index contributed by atoms with van der Waals surface area (Å²) in [6.07, 6.45) is 1.69. The molecule has 1 amide bonds. The minimum atomic E-state index is -0.474. The number of ether oxygens (including phenoxy) is 1. The van der Waals surface area contributed by atoms with Gasteiger partial charge >= 0.3 is 0 Å². The number of carbonyl (C=O) groups is 1. The summed E-state index contributed by atoms with van der Waals surface area (Å²) in [5.74, 6) is -0.301. The minimum Gasteiger partial charge on any atom is -0.503 e. The molecule has 2 aromatic carbocycles. The number of benzene rings is 2. The molecule has 26 heavy (non-hydrogen) atoms. The van der Waals surface area contributed by atoms with Crippen LogP contribution in [0.2, 0.25) is 0 Å². The highest BCUT2D eigenvalue weighted by atomic mass is 79.9. The molecule has 1 saturated heterocycles. The fourth-order valence-corrected chi connectivity index (χ4v) is 3.81. The van der Waals surface area contributed by atoms with Crippen molar-refractivity contribution in [1.82, 2.24) is 5.32 Å². The summed E-state index contributed by atoms with van der Waals surface area (Å²) in [4.78, 5) is 12.7. The standard InChI is InChI=1S/C18H16BrFN2O3S/c1-2-25-14-8-10(7-11(19)16(14)23)9-15-17(24)22-18(26-15)21-13-6-4-3-5-12(13)20/h3-9,18,21,23H,2H2,1H3,(H,22,24)/b15-9-. The molecule has 1 aliphatic heterocycles. The molecule has 2 aromatic rings. The summed E-state index contributed by atoms with van der Waals surface area (Å²) in [6.45, 7) is 2.22. The maximum Gasteiger partial charge on any atom is 0.260 e. The van der Waals surface area contributed by atoms with E-state index in [1.807, 2.05) is 6.92 Å². The van der Waals surface area contributed by atoms with Crippen molar-refractivity contribution >= 4 is 45.4 Å². The highest BCUT2D eigenvalue weighted by molar-refractivity contribution is 9.10. The van der Waals surface area contributed by atoms with E-state index >= 15 is 0 Å². The van der Waals surface area contributed by atoms with E-state index in [0.29, 0.717) is 33.0 Å². The largest absolute Gasteiger partial charge is 0.503 e. The van der Waals surface area contributed by atoms with Crippen LogP contribution in [0.3, 0.4) is 0 Å². The minimum absolute atomic E-state index is 0.0108. The molecule has 8 heteroatoms. The van der Waals surface area contributed by atoms with Gasteiger partial charge in [0.2, 0.25) is 0 Å². The Bertz CT molecular complexity index is 876. The number of halogens is 2. The van der Waals surface area contributed by atoms with Crippen molar-refractivity contribution in [3.63, 3.8) is 0 Å². The fraction of sp³-hybridized carbons (Fsp3) is 0.167. The number of carbonyl (C=O) groups excluding carboxylic acids is 1. The van der Waals surface area contributed by atoms with E-state index in [9.17, 15) is 14.3 Å². The van der Waals surface area contributed by atoms with Crippen LogP contribution in [0.15, 0.2) is 45.8 Å². The lowest BCUT2D eigenvalue weighted by molar-refractivity contribution is -0.116. The maximum absolute atomic E-state index is 13.7. The smallest absolute Gasteiger partial charge is 0.260 e. The number of hydrogen-bond donors (Lipinski definition) is 3. The number of rotatable bonds is 5. The molecule has 0 spiro atoms. The number of phenolic OH excluding ortho intramolecular Hbond substituents is 1. The molecule has 1 aliphatic rings. The molecule has 0 radical (unpaired) electrons. The Morgan fingerprint density at radius 2 is 2.19 bits per heavy atom. The van der Waals surface area contributed by atoms with Gasteiger partial charge in [0.05, 0.1) is 21.7 Å². The molecule has 0 saturated carbocycles. The van der Waals surface area contributed by atoms with E-state index in [1.165, 1.54) is 17.8 Å². The monoisotopic (exact) mass is 438 g/mol. The van der Waals surface area contributed by atoms with Gasteiger partial charge in [0, 0.05) is 0 Å². The summed E-state index contributed by atoms with van der Waals surface area (Å²) >= 11 is 4.53. The lowest BCUT2D eigenvalue weighted by Crippen LogP contribution is -2.31. The first-order chi connectivity index (χ1) is 12.5. The van der Waals surface area contributed by atoms with Gasteiger partial charge in [-0.3, -0.25) is 4.79 Å². The van der Waals surface area contributed by atoms with Crippen molar-refractivity contribution in [3.05, 3.63) is 57.2 Å². The normalized spacial score (nSPS) is 18.0. The van der Waals surface area contributed by atoms with Gasteiger partial charge in [0.1, 0.15) is 5.82 Å². The molecule has 1 unspecified atom stereocenters. The first-order valence-corrected chi connectivity index (χ1v) is 9.50. The Balaban J connectivity index is 1.80. The molecule has 5 nitrogen and oxygen atoms in total. The van der Waals surface area contributed by atoms with Crippen LogP contribution in [0.4, 0.5) is 10.1 Å². The predicted octanol–water partition coefficient (Wildman–Crippen LogP) is 4.29. The summed E-state index contributed by atoms with van der Waals surface area (Å²) in [5, 5.41) is 15.7. The molecular formula is C18H16BrFN2O3S. The van der Waals surface area contributed by atoms with E-state index in [1.54, 1.807) is 36.4 Å². The van der Waals surface area contributed by atoms with E-state index in [0.717, 1.165) is 0 Å². The van der Waals surface area contributed by atoms with Gasteiger partial charge in [-0.2, -0.15) is 0 Å². The molecule has 0 aliphatic carbocycles. The average molecular weight is 439 g/mol. The molecule has 0 bridgehead atoms. The van der Waals surface area contributed by atoms with Gasteiger partial charge in [-0.15, -0.1) is 0 Å². The second kappa shape index (κ2) is 8.01. The predicted molar refractivity (Wildman–Crippen MR) is 104 cm³/mol. The van der Waals surface area contributed by atoms with Gasteiger partial charge in [0.15, 0.2) is 17.0 Å². The molecular weight excluding hydrogens is 423 g/mol. The topological polar surface area (TPSA) is 70.6 Å². The summed E-state index contributed by atoms with van der Waals surface area (Å²) in [7, 11) is 0. The number of para-hydroxylation sites is 1. The zero-order valence-electron chi connectivity index (χ0n) is 13.8. The molecule has 136 valence electrons. The number of hydrogen-bond acceptors (Lipinski definition) is 5. The van der Waals surface area contributed by atoms with Crippen LogP contribution in [0, 0.1) is 5.82 Å². The van der Waals surface area contributed by atoms with Gasteiger partial charge in [-0.05, 0) is 58.8 Å². The molecule has 1 heterocycles. The summed E-state index contributed by atoms with van der Waals surface area (Å²) < 4.78 is 19.6. The van der Waals surface area contributed by atoms with Crippen molar-refractivity contribution in [2.24, 2.45) is 0 Å². The number of anilines is 1. The van der Waals surface area contributed by atoms with E-state index < -0.39 is 5.50 Å². The first-order valence-electron chi connectivity index (χ1n) is 7.83. The molecule has 1 atom stereocenters. The fourth-order valence-electron chi connectivity index (χ4n) is 2.38. The van der Waals surface area contributed by atoms with E-state index in [-0.39, 0.29) is 17.5 Å². The molecule has 1 fully saturated rings. The van der Waals surface area contributed by atoms with Crippen LogP contribution in [0.5, 0.6) is 11.5 Å². The van der Waals surface area contributed by atoms with Crippen LogP contribution in [0.1, 0.15) is 12.5 Å². The number of nitrogens with one attached hydrogen (secondary N) is 2. The molecule has 3 rings (SSSR count). The molecule has 3 N–H and O–H groups in total. The van der Waals surface area contributed by atoms with Gasteiger partial charge in [0.25, 0.3) is 5.91 Å². The zero-order valence-corrected chi connectivity index (χ0v) is 16.2. The third-order valence-electron chi connectivity index (χ3n) is 3.54. The number of amides is 1. The number of aromatic hydroxyl groups is 1. The van der Waals surface area contributed by atoms with Crippen LogP contribution in [-0.4, -0.2) is 23.1 Å². The van der Waals surface area contributed by atoms with Crippen molar-refractivity contribution in [3.8, 4) is 11.5 Å². The number of thioether (sulfide) groups is 1. The Kier molecular flexibility index (Phi) is 5.73. The lowest BCUT2D eigenvalue weighted by Gasteiger charge is -2.13. The zero-order chi connectivity index (χ0) is 18.7. The summed E-state index contributed by atoms with van der Waals surface area (Å²) in [5.41, 5.74) is 0.539.